The molecule has 2 nitrogen and oxygen atoms in total. The molecule has 21 heavy (non-hydrogen) atoms. The van der Waals surface area contributed by atoms with E-state index in [1.165, 1.54) is 5.56 Å². The predicted octanol–water partition coefficient (Wildman–Crippen LogP) is 3.89. The largest absolute Gasteiger partial charge is 0.493 e. The molecular formula is C19H23NO. The van der Waals surface area contributed by atoms with Crippen LogP contribution in [0.5, 0.6) is 5.75 Å². The van der Waals surface area contributed by atoms with Gasteiger partial charge in [0.15, 0.2) is 0 Å². The molecule has 2 heteroatoms. The van der Waals surface area contributed by atoms with Crippen LogP contribution in [0.25, 0.3) is 0 Å². The fourth-order valence-electron chi connectivity index (χ4n) is 2.40. The van der Waals surface area contributed by atoms with E-state index in [4.69, 9.17) is 10.5 Å². The number of nitrogens with two attached hydrogens (primary N) is 1. The Kier molecular flexibility index (Phi) is 6.04. The van der Waals surface area contributed by atoms with Crippen LogP contribution < -0.4 is 10.5 Å². The number of hydrogen-bond donors (Lipinski definition) is 1. The number of para-hydroxylation sites is 1. The highest BCUT2D eigenvalue weighted by atomic mass is 16.5. The Balaban J connectivity index is 1.94. The molecule has 0 bridgehead atoms. The normalized spacial score (nSPS) is 10.3. The first-order valence-corrected chi connectivity index (χ1v) is 7.43. The molecule has 0 unspecified atom stereocenters. The second-order valence-electron chi connectivity index (χ2n) is 5.04. The minimum atomic E-state index is 0.499. The monoisotopic (exact) mass is 281 g/mol. The molecule has 0 fully saturated rings. The predicted molar refractivity (Wildman–Crippen MR) is 88.5 cm³/mol. The van der Waals surface area contributed by atoms with Gasteiger partial charge in [0.25, 0.3) is 0 Å². The van der Waals surface area contributed by atoms with Crippen molar-refractivity contribution in [2.75, 3.05) is 6.61 Å². The number of rotatable bonds is 8. The maximum atomic E-state index is 6.01. The zero-order chi connectivity index (χ0) is 14.9. The SMILES string of the molecule is C=CCc1cccc(CN)c1OCCCc1ccccc1. The highest BCUT2D eigenvalue weighted by Crippen LogP contribution is 2.25. The van der Waals surface area contributed by atoms with Gasteiger partial charge in [0.1, 0.15) is 5.75 Å². The Labute approximate surface area is 127 Å². The molecule has 0 aromatic heterocycles. The molecule has 110 valence electrons. The molecule has 0 aliphatic rings. The molecule has 0 aliphatic carbocycles. The van der Waals surface area contributed by atoms with E-state index in [0.29, 0.717) is 13.2 Å². The standard InChI is InChI=1S/C19H23NO/c1-2-8-17-12-6-13-18(15-20)19(17)21-14-7-11-16-9-4-3-5-10-16/h2-6,9-10,12-13H,1,7-8,11,14-15,20H2. The lowest BCUT2D eigenvalue weighted by Gasteiger charge is -2.14. The molecule has 2 aromatic carbocycles. The summed E-state index contributed by atoms with van der Waals surface area (Å²) in [5.41, 5.74) is 9.38. The number of ether oxygens (including phenoxy) is 1. The number of aryl methyl sites for hydroxylation is 1. The summed E-state index contributed by atoms with van der Waals surface area (Å²) in [6, 6.07) is 16.6. The van der Waals surface area contributed by atoms with Crippen LogP contribution in [-0.2, 0) is 19.4 Å². The van der Waals surface area contributed by atoms with Crippen LogP contribution in [0.4, 0.5) is 0 Å². The Hall–Kier alpha value is -2.06. The van der Waals surface area contributed by atoms with Crippen molar-refractivity contribution in [3.05, 3.63) is 77.9 Å². The third-order valence-corrected chi connectivity index (χ3v) is 3.46. The highest BCUT2D eigenvalue weighted by Gasteiger charge is 2.07. The van der Waals surface area contributed by atoms with Gasteiger partial charge in [-0.25, -0.2) is 0 Å². The zero-order valence-electron chi connectivity index (χ0n) is 12.4. The van der Waals surface area contributed by atoms with Gasteiger partial charge in [-0.3, -0.25) is 0 Å². The quantitative estimate of drug-likeness (QED) is 0.588. The summed E-state index contributed by atoms with van der Waals surface area (Å²) in [6.07, 6.45) is 4.73. The summed E-state index contributed by atoms with van der Waals surface area (Å²) in [5, 5.41) is 0. The maximum absolute atomic E-state index is 6.01. The van der Waals surface area contributed by atoms with Gasteiger partial charge < -0.3 is 10.5 Å². The summed E-state index contributed by atoms with van der Waals surface area (Å²) >= 11 is 0. The minimum Gasteiger partial charge on any atom is -0.493 e. The highest BCUT2D eigenvalue weighted by molar-refractivity contribution is 5.42. The van der Waals surface area contributed by atoms with Crippen LogP contribution in [0, 0.1) is 0 Å². The first-order valence-electron chi connectivity index (χ1n) is 7.43. The second kappa shape index (κ2) is 8.28. The van der Waals surface area contributed by atoms with E-state index in [2.05, 4.69) is 36.9 Å². The lowest BCUT2D eigenvalue weighted by Crippen LogP contribution is -2.07. The third-order valence-electron chi connectivity index (χ3n) is 3.46. The molecule has 0 aliphatic heterocycles. The van der Waals surface area contributed by atoms with E-state index in [1.807, 2.05) is 24.3 Å². The van der Waals surface area contributed by atoms with E-state index < -0.39 is 0 Å². The third kappa shape index (κ3) is 4.47. The van der Waals surface area contributed by atoms with Gasteiger partial charge in [0.05, 0.1) is 6.61 Å². The van der Waals surface area contributed by atoms with Gasteiger partial charge in [0, 0.05) is 12.1 Å². The summed E-state index contributed by atoms with van der Waals surface area (Å²) in [5.74, 6) is 0.938. The lowest BCUT2D eigenvalue weighted by atomic mass is 10.1. The van der Waals surface area contributed by atoms with Gasteiger partial charge >= 0.3 is 0 Å². The van der Waals surface area contributed by atoms with Gasteiger partial charge in [0.2, 0.25) is 0 Å². The van der Waals surface area contributed by atoms with Crippen molar-refractivity contribution in [2.45, 2.75) is 25.8 Å². The average Bonchev–Trinajstić information content (AvgIpc) is 2.53. The Bertz CT molecular complexity index is 563. The molecule has 0 spiro atoms. The van der Waals surface area contributed by atoms with Crippen molar-refractivity contribution >= 4 is 0 Å². The fraction of sp³-hybridized carbons (Fsp3) is 0.263. The van der Waals surface area contributed by atoms with Gasteiger partial charge in [-0.05, 0) is 30.4 Å². The summed E-state index contributed by atoms with van der Waals surface area (Å²) in [6.45, 7) is 5.01. The van der Waals surface area contributed by atoms with Crippen molar-refractivity contribution in [1.29, 1.82) is 0 Å². The van der Waals surface area contributed by atoms with Crippen LogP contribution >= 0.6 is 0 Å². The van der Waals surface area contributed by atoms with Crippen LogP contribution in [0.2, 0.25) is 0 Å². The minimum absolute atomic E-state index is 0.499. The van der Waals surface area contributed by atoms with E-state index >= 15 is 0 Å². The average molecular weight is 281 g/mol. The van der Waals surface area contributed by atoms with Crippen molar-refractivity contribution < 1.29 is 4.74 Å². The van der Waals surface area contributed by atoms with E-state index in [9.17, 15) is 0 Å². The topological polar surface area (TPSA) is 35.2 Å². The molecule has 0 radical (unpaired) electrons. The van der Waals surface area contributed by atoms with E-state index in [1.54, 1.807) is 0 Å². The molecule has 2 rings (SSSR count). The van der Waals surface area contributed by atoms with E-state index in [0.717, 1.165) is 36.1 Å². The van der Waals surface area contributed by atoms with Crippen LogP contribution in [0.1, 0.15) is 23.1 Å². The van der Waals surface area contributed by atoms with Crippen LogP contribution in [0.3, 0.4) is 0 Å². The first-order chi connectivity index (χ1) is 10.3. The first kappa shape index (κ1) is 15.3. The van der Waals surface area contributed by atoms with Crippen LogP contribution in [-0.4, -0.2) is 6.61 Å². The van der Waals surface area contributed by atoms with Gasteiger partial charge in [-0.1, -0.05) is 54.6 Å². The summed E-state index contributed by atoms with van der Waals surface area (Å²) in [7, 11) is 0. The summed E-state index contributed by atoms with van der Waals surface area (Å²) in [4.78, 5) is 0. The Morgan fingerprint density at radius 3 is 2.48 bits per heavy atom. The van der Waals surface area contributed by atoms with Crippen molar-refractivity contribution in [2.24, 2.45) is 5.73 Å². The zero-order valence-corrected chi connectivity index (χ0v) is 12.4. The molecule has 0 saturated heterocycles. The molecule has 0 amide bonds. The molecule has 0 saturated carbocycles. The lowest BCUT2D eigenvalue weighted by molar-refractivity contribution is 0.305. The van der Waals surface area contributed by atoms with Crippen molar-refractivity contribution in [3.63, 3.8) is 0 Å². The smallest absolute Gasteiger partial charge is 0.127 e. The second-order valence-corrected chi connectivity index (χ2v) is 5.04. The Morgan fingerprint density at radius 1 is 1.00 bits per heavy atom. The molecule has 2 N–H and O–H groups in total. The number of benzene rings is 2. The molecule has 0 heterocycles. The van der Waals surface area contributed by atoms with Crippen molar-refractivity contribution in [1.82, 2.24) is 0 Å². The molecule has 0 atom stereocenters. The van der Waals surface area contributed by atoms with E-state index in [-0.39, 0.29) is 0 Å². The number of hydrogen-bond acceptors (Lipinski definition) is 2. The fourth-order valence-corrected chi connectivity index (χ4v) is 2.40. The Morgan fingerprint density at radius 2 is 1.76 bits per heavy atom. The molecule has 2 aromatic rings. The maximum Gasteiger partial charge on any atom is 0.127 e. The number of allylic oxidation sites excluding steroid dienone is 1. The summed E-state index contributed by atoms with van der Waals surface area (Å²) < 4.78 is 6.01. The van der Waals surface area contributed by atoms with Gasteiger partial charge in [-0.2, -0.15) is 0 Å². The van der Waals surface area contributed by atoms with Crippen molar-refractivity contribution in [3.8, 4) is 5.75 Å². The van der Waals surface area contributed by atoms with Gasteiger partial charge in [-0.15, -0.1) is 6.58 Å². The van der Waals surface area contributed by atoms with Crippen LogP contribution in [0.15, 0.2) is 61.2 Å². The molecular weight excluding hydrogens is 258 g/mol.